The van der Waals surface area contributed by atoms with E-state index in [-0.39, 0.29) is 5.91 Å². The van der Waals surface area contributed by atoms with E-state index in [2.05, 4.69) is 9.88 Å². The Morgan fingerprint density at radius 1 is 1.29 bits per heavy atom. The second-order valence-electron chi connectivity index (χ2n) is 5.78. The standard InChI is InChI=1S/C17H21N3O2S2/c1-24(22)15-4-2-3-14(13-15)5-6-16(21)19-8-10-20(11-9-19)17-18-7-12-23-17/h2-4,7,12-13H,5-6,8-11H2,1H3. The van der Waals surface area contributed by atoms with E-state index in [1.54, 1.807) is 17.6 Å². The van der Waals surface area contributed by atoms with Crippen LogP contribution in [-0.2, 0) is 22.0 Å². The number of rotatable bonds is 5. The van der Waals surface area contributed by atoms with E-state index >= 15 is 0 Å². The van der Waals surface area contributed by atoms with Crippen LogP contribution in [0.15, 0.2) is 40.7 Å². The van der Waals surface area contributed by atoms with Crippen molar-refractivity contribution in [3.05, 3.63) is 41.4 Å². The van der Waals surface area contributed by atoms with Crippen LogP contribution in [0.3, 0.4) is 0 Å². The molecule has 0 N–H and O–H groups in total. The molecule has 1 aliphatic heterocycles. The summed E-state index contributed by atoms with van der Waals surface area (Å²) in [5.41, 5.74) is 1.07. The highest BCUT2D eigenvalue weighted by atomic mass is 32.2. The minimum Gasteiger partial charge on any atom is -0.345 e. The first-order valence-corrected chi connectivity index (χ1v) is 10.4. The molecule has 2 aromatic rings. The van der Waals surface area contributed by atoms with Crippen LogP contribution in [0.1, 0.15) is 12.0 Å². The Kier molecular flexibility index (Phi) is 5.63. The Bertz CT molecular complexity index is 710. The predicted molar refractivity (Wildman–Crippen MR) is 98.0 cm³/mol. The number of hydrogen-bond donors (Lipinski definition) is 0. The number of nitrogens with zero attached hydrogens (tertiary/aromatic N) is 3. The van der Waals surface area contributed by atoms with Gasteiger partial charge in [-0.3, -0.25) is 9.00 Å². The number of carbonyl (C=O) groups excluding carboxylic acids is 1. The van der Waals surface area contributed by atoms with Crippen LogP contribution in [0.5, 0.6) is 0 Å². The number of piperazine rings is 1. The number of benzene rings is 1. The Labute approximate surface area is 148 Å². The van der Waals surface area contributed by atoms with Crippen LogP contribution in [0.25, 0.3) is 0 Å². The molecule has 24 heavy (non-hydrogen) atoms. The van der Waals surface area contributed by atoms with Gasteiger partial charge in [-0.05, 0) is 24.1 Å². The van der Waals surface area contributed by atoms with Gasteiger partial charge in [0.1, 0.15) is 0 Å². The van der Waals surface area contributed by atoms with Gasteiger partial charge in [0.15, 0.2) is 5.13 Å². The molecule has 0 aliphatic carbocycles. The van der Waals surface area contributed by atoms with Gasteiger partial charge in [0.25, 0.3) is 0 Å². The van der Waals surface area contributed by atoms with Gasteiger partial charge >= 0.3 is 0 Å². The number of thiazole rings is 1. The van der Waals surface area contributed by atoms with Gasteiger partial charge in [0, 0.05) is 66.1 Å². The zero-order valence-corrected chi connectivity index (χ0v) is 15.3. The third-order valence-corrected chi connectivity index (χ3v) is 5.93. The molecule has 1 amide bonds. The largest absolute Gasteiger partial charge is 0.345 e. The average molecular weight is 364 g/mol. The van der Waals surface area contributed by atoms with Gasteiger partial charge in [0.05, 0.1) is 0 Å². The van der Waals surface area contributed by atoms with Crippen molar-refractivity contribution in [1.29, 1.82) is 0 Å². The molecule has 5 nitrogen and oxygen atoms in total. The zero-order chi connectivity index (χ0) is 16.9. The van der Waals surface area contributed by atoms with Crippen LogP contribution < -0.4 is 4.90 Å². The lowest BCUT2D eigenvalue weighted by atomic mass is 10.1. The molecule has 128 valence electrons. The van der Waals surface area contributed by atoms with Crippen molar-refractivity contribution < 1.29 is 9.00 Å². The molecule has 1 unspecified atom stereocenters. The summed E-state index contributed by atoms with van der Waals surface area (Å²) in [4.78, 5) is 21.7. The van der Waals surface area contributed by atoms with Crippen molar-refractivity contribution >= 4 is 33.2 Å². The molecule has 2 heterocycles. The molecule has 1 fully saturated rings. The number of amides is 1. The Hall–Kier alpha value is -1.73. The second kappa shape index (κ2) is 7.90. The maximum absolute atomic E-state index is 12.4. The van der Waals surface area contributed by atoms with Gasteiger partial charge in [-0.25, -0.2) is 4.98 Å². The highest BCUT2D eigenvalue weighted by Gasteiger charge is 2.22. The third kappa shape index (κ3) is 4.21. The summed E-state index contributed by atoms with van der Waals surface area (Å²) < 4.78 is 11.5. The molecular weight excluding hydrogens is 342 g/mol. The summed E-state index contributed by atoms with van der Waals surface area (Å²) in [6.45, 7) is 3.17. The molecule has 0 radical (unpaired) electrons. The van der Waals surface area contributed by atoms with Crippen molar-refractivity contribution in [2.24, 2.45) is 0 Å². The average Bonchev–Trinajstić information content (AvgIpc) is 3.14. The van der Waals surface area contributed by atoms with E-state index in [9.17, 15) is 9.00 Å². The van der Waals surface area contributed by atoms with E-state index in [1.165, 1.54) is 0 Å². The highest BCUT2D eigenvalue weighted by Crippen LogP contribution is 2.19. The first-order chi connectivity index (χ1) is 11.6. The number of anilines is 1. The Balaban J connectivity index is 1.49. The molecule has 7 heteroatoms. The molecule has 0 bridgehead atoms. The van der Waals surface area contributed by atoms with Gasteiger partial charge in [-0.15, -0.1) is 11.3 Å². The van der Waals surface area contributed by atoms with Crippen LogP contribution in [0, 0.1) is 0 Å². The monoisotopic (exact) mass is 363 g/mol. The van der Waals surface area contributed by atoms with Crippen LogP contribution >= 0.6 is 11.3 Å². The topological polar surface area (TPSA) is 53.5 Å². The van der Waals surface area contributed by atoms with Crippen molar-refractivity contribution in [1.82, 2.24) is 9.88 Å². The maximum Gasteiger partial charge on any atom is 0.223 e. The summed E-state index contributed by atoms with van der Waals surface area (Å²) >= 11 is 1.64. The van der Waals surface area contributed by atoms with Gasteiger partial charge in [0.2, 0.25) is 5.91 Å². The quantitative estimate of drug-likeness (QED) is 0.817. The molecule has 1 atom stereocenters. The van der Waals surface area contributed by atoms with Crippen molar-refractivity contribution in [3.8, 4) is 0 Å². The lowest BCUT2D eigenvalue weighted by Gasteiger charge is -2.34. The fourth-order valence-corrected chi connectivity index (χ4v) is 4.09. The molecule has 0 spiro atoms. The first kappa shape index (κ1) is 17.1. The van der Waals surface area contributed by atoms with E-state index in [0.29, 0.717) is 12.8 Å². The molecule has 1 aromatic heterocycles. The van der Waals surface area contributed by atoms with Crippen LogP contribution in [0.4, 0.5) is 5.13 Å². The summed E-state index contributed by atoms with van der Waals surface area (Å²) in [6, 6.07) is 7.69. The number of aryl methyl sites for hydroxylation is 1. The summed E-state index contributed by atoms with van der Waals surface area (Å²) in [6.07, 6.45) is 4.68. The lowest BCUT2D eigenvalue weighted by Crippen LogP contribution is -2.48. The normalized spacial score (nSPS) is 16.2. The summed E-state index contributed by atoms with van der Waals surface area (Å²) in [5, 5.41) is 3.01. The molecule has 1 saturated heterocycles. The first-order valence-electron chi connectivity index (χ1n) is 7.98. The fourth-order valence-electron chi connectivity index (χ4n) is 2.81. The van der Waals surface area contributed by atoms with Crippen molar-refractivity contribution in [3.63, 3.8) is 0 Å². The van der Waals surface area contributed by atoms with Crippen LogP contribution in [-0.4, -0.2) is 52.4 Å². The maximum atomic E-state index is 12.4. The fraction of sp³-hybridized carbons (Fsp3) is 0.412. The number of aromatic nitrogens is 1. The molecular formula is C17H21N3O2S2. The predicted octanol–water partition coefficient (Wildman–Crippen LogP) is 2.16. The third-order valence-electron chi connectivity index (χ3n) is 4.18. The highest BCUT2D eigenvalue weighted by molar-refractivity contribution is 7.84. The van der Waals surface area contributed by atoms with Gasteiger partial charge < -0.3 is 9.80 Å². The second-order valence-corrected chi connectivity index (χ2v) is 8.04. The summed E-state index contributed by atoms with van der Waals surface area (Å²) in [5.74, 6) is 0.191. The van der Waals surface area contributed by atoms with Gasteiger partial charge in [-0.2, -0.15) is 0 Å². The van der Waals surface area contributed by atoms with Gasteiger partial charge in [-0.1, -0.05) is 12.1 Å². The zero-order valence-electron chi connectivity index (χ0n) is 13.7. The SMILES string of the molecule is CS(=O)c1cccc(CCC(=O)N2CCN(c3nccs3)CC2)c1. The van der Waals surface area contributed by atoms with E-state index in [0.717, 1.165) is 41.8 Å². The van der Waals surface area contributed by atoms with Crippen molar-refractivity contribution in [2.75, 3.05) is 37.3 Å². The molecule has 3 rings (SSSR count). The van der Waals surface area contributed by atoms with Crippen molar-refractivity contribution in [2.45, 2.75) is 17.7 Å². The van der Waals surface area contributed by atoms with E-state index in [4.69, 9.17) is 0 Å². The molecule has 0 saturated carbocycles. The molecule has 1 aromatic carbocycles. The lowest BCUT2D eigenvalue weighted by molar-refractivity contribution is -0.131. The Morgan fingerprint density at radius 2 is 2.08 bits per heavy atom. The minimum absolute atomic E-state index is 0.191. The number of carbonyl (C=O) groups is 1. The van der Waals surface area contributed by atoms with E-state index in [1.807, 2.05) is 40.7 Å². The van der Waals surface area contributed by atoms with E-state index < -0.39 is 10.8 Å². The molecule has 1 aliphatic rings. The summed E-state index contributed by atoms with van der Waals surface area (Å²) in [7, 11) is -0.982. The number of hydrogen-bond acceptors (Lipinski definition) is 5. The Morgan fingerprint density at radius 3 is 2.75 bits per heavy atom. The smallest absolute Gasteiger partial charge is 0.223 e. The minimum atomic E-state index is -0.982. The van der Waals surface area contributed by atoms with Crippen LogP contribution in [0.2, 0.25) is 0 Å².